The van der Waals surface area contributed by atoms with Crippen molar-refractivity contribution in [2.24, 2.45) is 0 Å². The Morgan fingerprint density at radius 2 is 2.13 bits per heavy atom. The Bertz CT molecular complexity index is 598. The lowest BCUT2D eigenvalue weighted by Gasteiger charge is -1.95. The van der Waals surface area contributed by atoms with Crippen LogP contribution in [0.5, 0.6) is 0 Å². The van der Waals surface area contributed by atoms with Gasteiger partial charge in [0.15, 0.2) is 5.65 Å². The largest absolute Gasteiger partial charge is 0.344 e. The zero-order valence-corrected chi connectivity index (χ0v) is 9.69. The van der Waals surface area contributed by atoms with E-state index in [1.807, 2.05) is 6.20 Å². The molecular formula is C9H6IN5. The SMILES string of the molecule is Ic1c[nH]c2ncc(-c3cn[nH]c3)nc12. The van der Waals surface area contributed by atoms with Crippen LogP contribution in [0.15, 0.2) is 24.8 Å². The predicted octanol–water partition coefficient (Wildman–Crippen LogP) is 1.95. The van der Waals surface area contributed by atoms with Crippen molar-refractivity contribution in [2.75, 3.05) is 0 Å². The first-order chi connectivity index (χ1) is 7.34. The number of rotatable bonds is 1. The monoisotopic (exact) mass is 311 g/mol. The molecule has 0 aliphatic rings. The molecule has 0 unspecified atom stereocenters. The maximum absolute atomic E-state index is 4.52. The molecule has 0 spiro atoms. The van der Waals surface area contributed by atoms with Gasteiger partial charge >= 0.3 is 0 Å². The number of halogens is 1. The molecule has 0 aliphatic heterocycles. The van der Waals surface area contributed by atoms with Crippen LogP contribution in [0.2, 0.25) is 0 Å². The van der Waals surface area contributed by atoms with Crippen LogP contribution < -0.4 is 0 Å². The summed E-state index contributed by atoms with van der Waals surface area (Å²) in [6.07, 6.45) is 7.16. The molecule has 0 atom stereocenters. The van der Waals surface area contributed by atoms with Crippen LogP contribution in [0.25, 0.3) is 22.4 Å². The number of aromatic nitrogens is 5. The Labute approximate surface area is 98.5 Å². The van der Waals surface area contributed by atoms with E-state index in [1.54, 1.807) is 18.6 Å². The van der Waals surface area contributed by atoms with Crippen molar-refractivity contribution in [3.05, 3.63) is 28.4 Å². The van der Waals surface area contributed by atoms with Gasteiger partial charge < -0.3 is 4.98 Å². The summed E-state index contributed by atoms with van der Waals surface area (Å²) in [4.78, 5) is 11.9. The average molecular weight is 311 g/mol. The third-order valence-electron chi connectivity index (χ3n) is 2.13. The van der Waals surface area contributed by atoms with Gasteiger partial charge in [0.2, 0.25) is 0 Å². The van der Waals surface area contributed by atoms with Gasteiger partial charge in [0, 0.05) is 18.0 Å². The highest BCUT2D eigenvalue weighted by Gasteiger charge is 2.06. The van der Waals surface area contributed by atoms with E-state index in [1.165, 1.54) is 0 Å². The van der Waals surface area contributed by atoms with Gasteiger partial charge in [0.05, 0.1) is 21.7 Å². The van der Waals surface area contributed by atoms with Crippen LogP contribution >= 0.6 is 22.6 Å². The van der Waals surface area contributed by atoms with Crippen LogP contribution in [-0.4, -0.2) is 25.1 Å². The van der Waals surface area contributed by atoms with E-state index in [9.17, 15) is 0 Å². The van der Waals surface area contributed by atoms with Crippen molar-refractivity contribution < 1.29 is 0 Å². The Balaban J connectivity index is 2.25. The topological polar surface area (TPSA) is 70.2 Å². The fourth-order valence-electron chi connectivity index (χ4n) is 1.39. The van der Waals surface area contributed by atoms with E-state index in [2.05, 4.69) is 47.7 Å². The number of nitrogens with one attached hydrogen (secondary N) is 2. The molecule has 2 N–H and O–H groups in total. The first-order valence-corrected chi connectivity index (χ1v) is 5.41. The molecule has 0 aromatic carbocycles. The first kappa shape index (κ1) is 8.84. The maximum Gasteiger partial charge on any atom is 0.157 e. The smallest absolute Gasteiger partial charge is 0.157 e. The minimum atomic E-state index is 0.812. The summed E-state index contributed by atoms with van der Waals surface area (Å²) >= 11 is 2.23. The third-order valence-corrected chi connectivity index (χ3v) is 2.95. The second-order valence-corrected chi connectivity index (χ2v) is 4.24. The number of hydrogen-bond donors (Lipinski definition) is 2. The zero-order valence-electron chi connectivity index (χ0n) is 7.53. The molecule has 0 aliphatic carbocycles. The minimum absolute atomic E-state index is 0.812. The Morgan fingerprint density at radius 1 is 1.20 bits per heavy atom. The molecule has 74 valence electrons. The Hall–Kier alpha value is -1.44. The lowest BCUT2D eigenvalue weighted by Crippen LogP contribution is -1.86. The molecule has 6 heteroatoms. The molecule has 3 rings (SSSR count). The first-order valence-electron chi connectivity index (χ1n) is 4.33. The average Bonchev–Trinajstić information content (AvgIpc) is 2.88. The number of fused-ring (bicyclic) bond motifs is 1. The molecule has 0 radical (unpaired) electrons. The fourth-order valence-corrected chi connectivity index (χ4v) is 1.92. The molecule has 15 heavy (non-hydrogen) atoms. The Morgan fingerprint density at radius 3 is 2.93 bits per heavy atom. The number of nitrogens with zero attached hydrogens (tertiary/aromatic N) is 3. The summed E-state index contributed by atoms with van der Waals surface area (Å²) in [5.41, 5.74) is 3.48. The van der Waals surface area contributed by atoms with Gasteiger partial charge in [-0.1, -0.05) is 0 Å². The van der Waals surface area contributed by atoms with Crippen LogP contribution in [-0.2, 0) is 0 Å². The van der Waals surface area contributed by atoms with E-state index < -0.39 is 0 Å². The summed E-state index contributed by atoms with van der Waals surface area (Å²) in [5, 5.41) is 6.64. The fraction of sp³-hybridized carbons (Fsp3) is 0. The zero-order chi connectivity index (χ0) is 10.3. The summed E-state index contributed by atoms with van der Waals surface area (Å²) in [6.45, 7) is 0. The van der Waals surface area contributed by atoms with Crippen LogP contribution in [0.1, 0.15) is 0 Å². The van der Waals surface area contributed by atoms with Gasteiger partial charge in [0.1, 0.15) is 5.52 Å². The molecule has 0 amide bonds. The minimum Gasteiger partial charge on any atom is -0.344 e. The molecule has 0 fully saturated rings. The summed E-state index contributed by atoms with van der Waals surface area (Å²) in [7, 11) is 0. The van der Waals surface area contributed by atoms with Gasteiger partial charge in [-0.2, -0.15) is 5.10 Å². The molecule has 0 saturated heterocycles. The number of H-pyrrole nitrogens is 2. The van der Waals surface area contributed by atoms with Gasteiger partial charge in [-0.25, -0.2) is 9.97 Å². The Kier molecular flexibility index (Phi) is 1.94. The predicted molar refractivity (Wildman–Crippen MR) is 64.2 cm³/mol. The van der Waals surface area contributed by atoms with Crippen molar-refractivity contribution >= 4 is 33.8 Å². The summed E-state index contributed by atoms with van der Waals surface area (Å²) < 4.78 is 1.07. The van der Waals surface area contributed by atoms with E-state index in [0.29, 0.717) is 0 Å². The molecule has 0 bridgehead atoms. The molecule has 3 aromatic heterocycles. The van der Waals surface area contributed by atoms with Crippen molar-refractivity contribution in [3.8, 4) is 11.3 Å². The van der Waals surface area contributed by atoms with Crippen molar-refractivity contribution in [3.63, 3.8) is 0 Å². The highest BCUT2D eigenvalue weighted by Crippen LogP contribution is 2.20. The van der Waals surface area contributed by atoms with Gasteiger partial charge in [-0.3, -0.25) is 5.10 Å². The van der Waals surface area contributed by atoms with E-state index >= 15 is 0 Å². The normalized spacial score (nSPS) is 11.0. The quantitative estimate of drug-likeness (QED) is 0.675. The van der Waals surface area contributed by atoms with Gasteiger partial charge in [0.25, 0.3) is 0 Å². The second-order valence-electron chi connectivity index (χ2n) is 3.08. The van der Waals surface area contributed by atoms with Crippen molar-refractivity contribution in [1.82, 2.24) is 25.1 Å². The van der Waals surface area contributed by atoms with Gasteiger partial charge in [-0.15, -0.1) is 0 Å². The highest BCUT2D eigenvalue weighted by atomic mass is 127. The lowest BCUT2D eigenvalue weighted by molar-refractivity contribution is 1.09. The molecule has 0 saturated carbocycles. The third kappa shape index (κ3) is 1.41. The molecule has 3 aromatic rings. The number of hydrogen-bond acceptors (Lipinski definition) is 3. The van der Waals surface area contributed by atoms with E-state index in [4.69, 9.17) is 0 Å². The molecule has 3 heterocycles. The van der Waals surface area contributed by atoms with E-state index in [-0.39, 0.29) is 0 Å². The summed E-state index contributed by atoms with van der Waals surface area (Å²) in [5.74, 6) is 0. The highest BCUT2D eigenvalue weighted by molar-refractivity contribution is 14.1. The molecule has 5 nitrogen and oxygen atoms in total. The lowest BCUT2D eigenvalue weighted by atomic mass is 10.3. The number of aromatic amines is 2. The second kappa shape index (κ2) is 3.30. The standard InChI is InChI=1S/C9H6IN5/c10-6-3-11-9-8(6)15-7(4-12-9)5-1-13-14-2-5/h1-4H,(H,11,12)(H,13,14). The van der Waals surface area contributed by atoms with Crippen molar-refractivity contribution in [1.29, 1.82) is 0 Å². The van der Waals surface area contributed by atoms with E-state index in [0.717, 1.165) is 26.0 Å². The van der Waals surface area contributed by atoms with Crippen LogP contribution in [0.4, 0.5) is 0 Å². The van der Waals surface area contributed by atoms with Crippen LogP contribution in [0, 0.1) is 3.57 Å². The summed E-state index contributed by atoms with van der Waals surface area (Å²) in [6, 6.07) is 0. The maximum atomic E-state index is 4.52. The van der Waals surface area contributed by atoms with Crippen LogP contribution in [0.3, 0.4) is 0 Å². The molecular weight excluding hydrogens is 305 g/mol. The van der Waals surface area contributed by atoms with Gasteiger partial charge in [-0.05, 0) is 22.6 Å². The van der Waals surface area contributed by atoms with Crippen molar-refractivity contribution in [2.45, 2.75) is 0 Å².